The minimum atomic E-state index is -0.0633. The van der Waals surface area contributed by atoms with Crippen LogP contribution in [-0.2, 0) is 6.54 Å². The van der Waals surface area contributed by atoms with E-state index in [4.69, 9.17) is 10.2 Å². The molecule has 0 radical (unpaired) electrons. The van der Waals surface area contributed by atoms with Crippen molar-refractivity contribution in [1.82, 2.24) is 5.32 Å². The molecule has 1 amide bonds. The van der Waals surface area contributed by atoms with Gasteiger partial charge in [-0.25, -0.2) is 0 Å². The molecule has 2 aromatic rings. The maximum atomic E-state index is 12.2. The average Bonchev–Trinajstić information content (AvgIpc) is 3.06. The van der Waals surface area contributed by atoms with Gasteiger partial charge in [0.15, 0.2) is 0 Å². The Bertz CT molecular complexity index is 613. The van der Waals surface area contributed by atoms with Crippen molar-refractivity contribution in [2.24, 2.45) is 5.73 Å². The number of rotatable bonds is 4. The lowest BCUT2D eigenvalue weighted by Gasteiger charge is -2.29. The average molecular weight is 298 g/mol. The Labute approximate surface area is 130 Å². The van der Waals surface area contributed by atoms with Gasteiger partial charge in [0.1, 0.15) is 12.0 Å². The van der Waals surface area contributed by atoms with Crippen LogP contribution in [0.5, 0.6) is 0 Å². The molecule has 0 saturated heterocycles. The first kappa shape index (κ1) is 14.9. The third kappa shape index (κ3) is 3.39. The van der Waals surface area contributed by atoms with E-state index < -0.39 is 0 Å². The summed E-state index contributed by atoms with van der Waals surface area (Å²) in [5.74, 6) is 1.19. The predicted molar refractivity (Wildman–Crippen MR) is 85.5 cm³/mol. The fraction of sp³-hybridized carbons (Fsp3) is 0.389. The summed E-state index contributed by atoms with van der Waals surface area (Å²) in [6, 6.07) is 12.6. The monoisotopic (exact) mass is 298 g/mol. The second-order valence-electron chi connectivity index (χ2n) is 5.94. The van der Waals surface area contributed by atoms with E-state index in [0.29, 0.717) is 23.8 Å². The molecule has 1 aromatic carbocycles. The quantitative estimate of drug-likeness (QED) is 0.910. The molecule has 3 rings (SSSR count). The predicted octanol–water partition coefficient (Wildman–Crippen LogP) is 3.19. The molecule has 3 N–H and O–H groups in total. The SMILES string of the molecule is NCc1cc(C(=O)NC2CCC(c3ccccc3)CC2)co1. The minimum absolute atomic E-state index is 0.0633. The molecule has 1 saturated carbocycles. The van der Waals surface area contributed by atoms with Crippen molar-refractivity contribution in [3.05, 3.63) is 59.5 Å². The normalized spacial score (nSPS) is 21.5. The lowest BCUT2D eigenvalue weighted by atomic mass is 9.82. The lowest BCUT2D eigenvalue weighted by Crippen LogP contribution is -2.37. The second-order valence-corrected chi connectivity index (χ2v) is 5.94. The number of furan rings is 1. The first-order chi connectivity index (χ1) is 10.8. The van der Waals surface area contributed by atoms with Gasteiger partial charge in [0.05, 0.1) is 12.1 Å². The molecular weight excluding hydrogens is 276 g/mol. The second kappa shape index (κ2) is 6.79. The summed E-state index contributed by atoms with van der Waals surface area (Å²) in [5.41, 5.74) is 7.47. The molecule has 0 unspecified atom stereocenters. The number of hydrogen-bond acceptors (Lipinski definition) is 3. The van der Waals surface area contributed by atoms with Crippen molar-refractivity contribution >= 4 is 5.91 Å². The molecule has 1 heterocycles. The molecular formula is C18H22N2O2. The molecule has 4 nitrogen and oxygen atoms in total. The van der Waals surface area contributed by atoms with Crippen LogP contribution in [0.4, 0.5) is 0 Å². The van der Waals surface area contributed by atoms with E-state index in [0.717, 1.165) is 25.7 Å². The Kier molecular flexibility index (Phi) is 4.59. The van der Waals surface area contributed by atoms with Crippen LogP contribution in [-0.4, -0.2) is 11.9 Å². The van der Waals surface area contributed by atoms with Crippen LogP contribution in [0.3, 0.4) is 0 Å². The standard InChI is InChI=1S/C18H22N2O2/c19-11-17-10-15(12-22-17)18(21)20-16-8-6-14(7-9-16)13-4-2-1-3-5-13/h1-5,10,12,14,16H,6-9,11,19H2,(H,20,21). The van der Waals surface area contributed by atoms with E-state index in [1.165, 1.54) is 11.8 Å². The molecule has 1 aliphatic carbocycles. The van der Waals surface area contributed by atoms with E-state index in [2.05, 4.69) is 35.6 Å². The Morgan fingerprint density at radius 3 is 2.55 bits per heavy atom. The number of nitrogens with two attached hydrogens (primary N) is 1. The molecule has 22 heavy (non-hydrogen) atoms. The van der Waals surface area contributed by atoms with Crippen molar-refractivity contribution in [3.63, 3.8) is 0 Å². The number of amides is 1. The van der Waals surface area contributed by atoms with Crippen LogP contribution in [0.1, 0.15) is 53.3 Å². The van der Waals surface area contributed by atoms with Crippen molar-refractivity contribution in [3.8, 4) is 0 Å². The van der Waals surface area contributed by atoms with Crippen LogP contribution in [0.25, 0.3) is 0 Å². The summed E-state index contributed by atoms with van der Waals surface area (Å²) in [4.78, 5) is 12.2. The van der Waals surface area contributed by atoms with E-state index in [-0.39, 0.29) is 11.9 Å². The fourth-order valence-corrected chi connectivity index (χ4v) is 3.17. The summed E-state index contributed by atoms with van der Waals surface area (Å²) >= 11 is 0. The Hall–Kier alpha value is -2.07. The summed E-state index contributed by atoms with van der Waals surface area (Å²) in [7, 11) is 0. The maximum absolute atomic E-state index is 12.2. The van der Waals surface area contributed by atoms with E-state index in [1.807, 2.05) is 0 Å². The summed E-state index contributed by atoms with van der Waals surface area (Å²) in [5, 5.41) is 3.10. The van der Waals surface area contributed by atoms with Crippen LogP contribution >= 0.6 is 0 Å². The van der Waals surface area contributed by atoms with Gasteiger partial charge in [-0.15, -0.1) is 0 Å². The van der Waals surface area contributed by atoms with Crippen LogP contribution in [0.2, 0.25) is 0 Å². The van der Waals surface area contributed by atoms with Gasteiger partial charge in [-0.05, 0) is 43.2 Å². The van der Waals surface area contributed by atoms with Gasteiger partial charge >= 0.3 is 0 Å². The molecule has 0 atom stereocenters. The van der Waals surface area contributed by atoms with E-state index in [1.54, 1.807) is 6.07 Å². The number of hydrogen-bond donors (Lipinski definition) is 2. The highest BCUT2D eigenvalue weighted by Gasteiger charge is 2.24. The van der Waals surface area contributed by atoms with Gasteiger partial charge in [-0.3, -0.25) is 4.79 Å². The molecule has 0 aliphatic heterocycles. The highest BCUT2D eigenvalue weighted by molar-refractivity contribution is 5.94. The molecule has 4 heteroatoms. The lowest BCUT2D eigenvalue weighted by molar-refractivity contribution is 0.0925. The minimum Gasteiger partial charge on any atom is -0.467 e. The molecule has 1 aromatic heterocycles. The van der Waals surface area contributed by atoms with E-state index in [9.17, 15) is 4.79 Å². The number of carbonyl (C=O) groups is 1. The van der Waals surface area contributed by atoms with Crippen LogP contribution in [0.15, 0.2) is 47.1 Å². The van der Waals surface area contributed by atoms with E-state index >= 15 is 0 Å². The zero-order chi connectivity index (χ0) is 15.4. The van der Waals surface area contributed by atoms with Crippen molar-refractivity contribution in [2.45, 2.75) is 44.2 Å². The maximum Gasteiger partial charge on any atom is 0.254 e. The van der Waals surface area contributed by atoms with Crippen molar-refractivity contribution in [2.75, 3.05) is 0 Å². The van der Waals surface area contributed by atoms with Gasteiger partial charge in [0.2, 0.25) is 0 Å². The summed E-state index contributed by atoms with van der Waals surface area (Å²) in [6.45, 7) is 0.315. The van der Waals surface area contributed by atoms with Gasteiger partial charge in [-0.2, -0.15) is 0 Å². The molecule has 116 valence electrons. The number of nitrogens with one attached hydrogen (secondary N) is 1. The highest BCUT2D eigenvalue weighted by atomic mass is 16.3. The topological polar surface area (TPSA) is 68.3 Å². The number of carbonyl (C=O) groups excluding carboxylic acids is 1. The highest BCUT2D eigenvalue weighted by Crippen LogP contribution is 2.32. The zero-order valence-corrected chi connectivity index (χ0v) is 12.6. The number of benzene rings is 1. The van der Waals surface area contributed by atoms with Gasteiger partial charge in [0.25, 0.3) is 5.91 Å². The summed E-state index contributed by atoms with van der Waals surface area (Å²) < 4.78 is 5.21. The van der Waals surface area contributed by atoms with Gasteiger partial charge in [-0.1, -0.05) is 30.3 Å². The third-order valence-corrected chi connectivity index (χ3v) is 4.45. The largest absolute Gasteiger partial charge is 0.467 e. The van der Waals surface area contributed by atoms with Gasteiger partial charge in [0, 0.05) is 6.04 Å². The first-order valence-electron chi connectivity index (χ1n) is 7.89. The Balaban J connectivity index is 1.52. The molecule has 1 fully saturated rings. The fourth-order valence-electron chi connectivity index (χ4n) is 3.17. The van der Waals surface area contributed by atoms with Crippen LogP contribution < -0.4 is 11.1 Å². The van der Waals surface area contributed by atoms with Crippen LogP contribution in [0, 0.1) is 0 Å². The summed E-state index contributed by atoms with van der Waals surface area (Å²) in [6.07, 6.45) is 5.76. The first-order valence-corrected chi connectivity index (χ1v) is 7.89. The third-order valence-electron chi connectivity index (χ3n) is 4.45. The van der Waals surface area contributed by atoms with Crippen molar-refractivity contribution in [1.29, 1.82) is 0 Å². The Morgan fingerprint density at radius 2 is 1.91 bits per heavy atom. The molecule has 0 bridgehead atoms. The van der Waals surface area contributed by atoms with Gasteiger partial charge < -0.3 is 15.5 Å². The zero-order valence-electron chi connectivity index (χ0n) is 12.6. The smallest absolute Gasteiger partial charge is 0.254 e. The molecule has 1 aliphatic rings. The van der Waals surface area contributed by atoms with Crippen molar-refractivity contribution < 1.29 is 9.21 Å². The molecule has 0 spiro atoms. The Morgan fingerprint density at radius 1 is 1.18 bits per heavy atom.